The van der Waals surface area contributed by atoms with Crippen molar-refractivity contribution in [3.8, 4) is 17.2 Å². The van der Waals surface area contributed by atoms with E-state index in [0.717, 1.165) is 43.5 Å². The van der Waals surface area contributed by atoms with Crippen LogP contribution in [0.3, 0.4) is 0 Å². The Morgan fingerprint density at radius 1 is 1.07 bits per heavy atom. The van der Waals surface area contributed by atoms with Gasteiger partial charge in [-0.15, -0.1) is 0 Å². The largest absolute Gasteiger partial charge is 0.489 e. The number of ether oxygens (including phenoxy) is 2. The SMILES string of the molecule is CC(C)c1ccccc1[C@@H]1CCCN1C1CC2(CCN(c3cnc(C(=O)NS(=O)(=O)c4cc(N)c5c(c4)OC[C@H](CN(C)C)N5)c(Oc4cnc5[nH]ccc5c4)c3)CC2)C1. The van der Waals surface area contributed by atoms with Gasteiger partial charge in [-0.25, -0.2) is 23.1 Å². The molecule has 1 saturated carbocycles. The van der Waals surface area contributed by atoms with Gasteiger partial charge in [0.05, 0.1) is 34.7 Å². The standard InChI is InChI=1S/C45H55N9O5S/c1-28(2)35-8-5-6-9-36(35)38-10-7-15-54(38)32-22-45(23-32)12-16-53(17-13-45)31-19-40(59-33-18-29-11-14-47-43(29)49-25-33)42(48-24-31)44(55)51-60(56,57)34-20-37(46)41-39(21-34)58-27-30(50-41)26-52(3)4/h5-6,8-9,11,14,18-21,24-25,28,30,32,38,50H,7,10,12-13,15-17,22-23,26-27,46H2,1-4H3,(H,47,49)(H,51,55)/t30-,38-/m0/s1. The molecule has 3 aliphatic heterocycles. The van der Waals surface area contributed by atoms with Gasteiger partial charge in [-0.3, -0.25) is 9.69 Å². The highest BCUT2D eigenvalue weighted by Crippen LogP contribution is 2.54. The zero-order chi connectivity index (χ0) is 41.8. The molecule has 6 heterocycles. The second-order valence-electron chi connectivity index (χ2n) is 17.7. The number of carbonyl (C=O) groups excluding carboxylic acids is 1. The molecule has 0 radical (unpaired) electrons. The van der Waals surface area contributed by atoms with E-state index >= 15 is 0 Å². The van der Waals surface area contributed by atoms with Gasteiger partial charge in [0, 0.05) is 55.4 Å². The summed E-state index contributed by atoms with van der Waals surface area (Å²) in [6, 6.07) is 18.2. The van der Waals surface area contributed by atoms with Gasteiger partial charge >= 0.3 is 0 Å². The molecule has 2 atom stereocenters. The molecule has 2 aromatic carbocycles. The third-order valence-corrected chi connectivity index (χ3v) is 14.3. The maximum absolute atomic E-state index is 13.9. The van der Waals surface area contributed by atoms with E-state index in [-0.39, 0.29) is 28.1 Å². The number of aromatic nitrogens is 3. The molecule has 1 amide bonds. The minimum absolute atomic E-state index is 0.0272. The number of hydrogen-bond donors (Lipinski definition) is 4. The number of carbonyl (C=O) groups is 1. The van der Waals surface area contributed by atoms with Crippen LogP contribution in [-0.2, 0) is 10.0 Å². The highest BCUT2D eigenvalue weighted by Gasteiger charge is 2.50. The Labute approximate surface area is 351 Å². The number of likely N-dealkylation sites (tertiary alicyclic amines) is 1. The first-order valence-corrected chi connectivity index (χ1v) is 22.6. The van der Waals surface area contributed by atoms with Crippen LogP contribution in [0.5, 0.6) is 17.2 Å². The average molecular weight is 834 g/mol. The van der Waals surface area contributed by atoms with E-state index in [4.69, 9.17) is 15.2 Å². The van der Waals surface area contributed by atoms with Crippen LogP contribution in [0.4, 0.5) is 17.1 Å². The van der Waals surface area contributed by atoms with Gasteiger partial charge < -0.3 is 35.3 Å². The lowest BCUT2D eigenvalue weighted by Crippen LogP contribution is -2.55. The summed E-state index contributed by atoms with van der Waals surface area (Å²) < 4.78 is 41.9. The van der Waals surface area contributed by atoms with Crippen LogP contribution in [-0.4, -0.2) is 98.0 Å². The predicted octanol–water partition coefficient (Wildman–Crippen LogP) is 6.90. The minimum atomic E-state index is -4.40. The maximum atomic E-state index is 13.9. The molecule has 5 N–H and O–H groups in total. The first kappa shape index (κ1) is 40.0. The van der Waals surface area contributed by atoms with E-state index in [1.54, 1.807) is 30.7 Å². The molecule has 60 heavy (non-hydrogen) atoms. The number of likely N-dealkylation sites (N-methyl/N-ethyl adjacent to an activating group) is 1. The topological polar surface area (TPSA) is 171 Å². The molecule has 3 fully saturated rings. The Hall–Kier alpha value is -5.38. The van der Waals surface area contributed by atoms with Crippen molar-refractivity contribution in [2.45, 2.75) is 81.3 Å². The van der Waals surface area contributed by atoms with Gasteiger partial charge in [0.25, 0.3) is 15.9 Å². The van der Waals surface area contributed by atoms with Crippen molar-refractivity contribution in [2.24, 2.45) is 5.41 Å². The number of pyridine rings is 2. The summed E-state index contributed by atoms with van der Waals surface area (Å²) in [4.78, 5) is 32.9. The molecule has 9 rings (SSSR count). The quantitative estimate of drug-likeness (QED) is 0.102. The zero-order valence-corrected chi connectivity index (χ0v) is 35.6. The average Bonchev–Trinajstić information content (AvgIpc) is 3.90. The number of amides is 1. The van der Waals surface area contributed by atoms with Gasteiger partial charge in [0.15, 0.2) is 11.4 Å². The summed E-state index contributed by atoms with van der Waals surface area (Å²) in [7, 11) is -0.491. The van der Waals surface area contributed by atoms with Crippen LogP contribution in [0.15, 0.2) is 78.1 Å². The highest BCUT2D eigenvalue weighted by atomic mass is 32.2. The van der Waals surface area contributed by atoms with Gasteiger partial charge in [-0.1, -0.05) is 38.1 Å². The van der Waals surface area contributed by atoms with E-state index in [1.165, 1.54) is 48.9 Å². The first-order chi connectivity index (χ1) is 28.8. The van der Waals surface area contributed by atoms with E-state index < -0.39 is 15.9 Å². The number of aromatic amines is 1. The van der Waals surface area contributed by atoms with Crippen molar-refractivity contribution < 1.29 is 22.7 Å². The summed E-state index contributed by atoms with van der Waals surface area (Å²) in [5.41, 5.74) is 11.7. The molecule has 4 aliphatic rings. The molecule has 1 aliphatic carbocycles. The Morgan fingerprint density at radius 3 is 2.65 bits per heavy atom. The van der Waals surface area contributed by atoms with Crippen molar-refractivity contribution in [3.63, 3.8) is 0 Å². The smallest absolute Gasteiger partial charge is 0.287 e. The van der Waals surface area contributed by atoms with E-state index in [2.05, 4.69) is 72.9 Å². The van der Waals surface area contributed by atoms with Gasteiger partial charge in [0.2, 0.25) is 0 Å². The van der Waals surface area contributed by atoms with Crippen LogP contribution in [0.2, 0.25) is 0 Å². The molecule has 14 nitrogen and oxygen atoms in total. The molecule has 15 heteroatoms. The number of fused-ring (bicyclic) bond motifs is 2. The first-order valence-electron chi connectivity index (χ1n) is 21.1. The zero-order valence-electron chi connectivity index (χ0n) is 34.8. The van der Waals surface area contributed by atoms with Crippen LogP contribution in [0.1, 0.15) is 85.9 Å². The van der Waals surface area contributed by atoms with Crippen molar-refractivity contribution >= 4 is 44.0 Å². The van der Waals surface area contributed by atoms with Crippen LogP contribution >= 0.6 is 0 Å². The fraction of sp³-hybridized carbons (Fsp3) is 0.444. The Kier molecular flexibility index (Phi) is 10.6. The Morgan fingerprint density at radius 2 is 1.87 bits per heavy atom. The highest BCUT2D eigenvalue weighted by molar-refractivity contribution is 7.90. The van der Waals surface area contributed by atoms with Crippen molar-refractivity contribution in [2.75, 3.05) is 62.8 Å². The lowest BCUT2D eigenvalue weighted by Gasteiger charge is -2.56. The number of nitrogens with one attached hydrogen (secondary N) is 3. The van der Waals surface area contributed by atoms with Crippen LogP contribution in [0, 0.1) is 5.41 Å². The molecule has 3 aromatic heterocycles. The van der Waals surface area contributed by atoms with Crippen LogP contribution < -0.4 is 30.1 Å². The Bertz CT molecular complexity index is 2510. The van der Waals surface area contributed by atoms with Crippen LogP contribution in [0.25, 0.3) is 11.0 Å². The second kappa shape index (κ2) is 15.9. The summed E-state index contributed by atoms with van der Waals surface area (Å²) in [5, 5.41) is 4.16. The lowest BCUT2D eigenvalue weighted by atomic mass is 9.59. The molecular formula is C45H55N9O5S. The van der Waals surface area contributed by atoms with E-state index in [0.29, 0.717) is 59.4 Å². The van der Waals surface area contributed by atoms with Crippen molar-refractivity contribution in [3.05, 3.63) is 90.0 Å². The number of rotatable bonds is 11. The molecule has 0 unspecified atom stereocenters. The second-order valence-corrected chi connectivity index (χ2v) is 19.4. The number of anilines is 3. The molecule has 2 saturated heterocycles. The summed E-state index contributed by atoms with van der Waals surface area (Å²) in [5.74, 6) is 0.360. The number of nitrogen functional groups attached to an aromatic ring is 1. The molecule has 316 valence electrons. The number of H-pyrrole nitrogens is 1. The number of benzene rings is 2. The number of nitrogens with zero attached hydrogens (tertiary/aromatic N) is 5. The molecule has 0 bridgehead atoms. The number of piperidine rings is 1. The summed E-state index contributed by atoms with van der Waals surface area (Å²) >= 11 is 0. The number of hydrogen-bond acceptors (Lipinski definition) is 12. The molecule has 1 spiro atoms. The predicted molar refractivity (Wildman–Crippen MR) is 233 cm³/mol. The van der Waals surface area contributed by atoms with E-state index in [1.807, 2.05) is 25.1 Å². The normalized spacial score (nSPS) is 20.5. The van der Waals surface area contributed by atoms with Gasteiger partial charge in [0.1, 0.15) is 29.4 Å². The van der Waals surface area contributed by atoms with Crippen molar-refractivity contribution in [1.29, 1.82) is 0 Å². The van der Waals surface area contributed by atoms with Gasteiger partial charge in [-0.2, -0.15) is 0 Å². The third-order valence-electron chi connectivity index (χ3n) is 12.9. The maximum Gasteiger partial charge on any atom is 0.287 e. The third kappa shape index (κ3) is 7.85. The number of sulfonamides is 1. The van der Waals surface area contributed by atoms with Crippen molar-refractivity contribution in [1.82, 2.24) is 29.5 Å². The van der Waals surface area contributed by atoms with E-state index in [9.17, 15) is 13.2 Å². The molecule has 5 aromatic rings. The molecular weight excluding hydrogens is 779 g/mol. The summed E-state index contributed by atoms with van der Waals surface area (Å²) in [6.07, 6.45) is 12.0. The fourth-order valence-corrected chi connectivity index (χ4v) is 10.9. The lowest BCUT2D eigenvalue weighted by molar-refractivity contribution is -0.0228. The number of nitrogens with two attached hydrogens (primary N) is 1. The summed E-state index contributed by atoms with van der Waals surface area (Å²) in [6.45, 7) is 8.47. The monoisotopic (exact) mass is 833 g/mol. The minimum Gasteiger partial charge on any atom is -0.489 e. The fourth-order valence-electron chi connectivity index (χ4n) is 9.92. The Balaban J connectivity index is 0.911. The van der Waals surface area contributed by atoms with Gasteiger partial charge in [-0.05, 0) is 99.8 Å².